The van der Waals surface area contributed by atoms with Gasteiger partial charge in [-0.25, -0.2) is 0 Å². The molecule has 4 heteroatoms. The number of hydrogen-bond donors (Lipinski definition) is 2. The summed E-state index contributed by atoms with van der Waals surface area (Å²) in [6.07, 6.45) is 0. The van der Waals surface area contributed by atoms with Crippen LogP contribution in [0.3, 0.4) is 0 Å². The number of nitrogens with one attached hydrogen (secondary N) is 1. The van der Waals surface area contributed by atoms with Crippen molar-refractivity contribution in [3.63, 3.8) is 0 Å². The summed E-state index contributed by atoms with van der Waals surface area (Å²) in [5.74, 6) is 0.283. The summed E-state index contributed by atoms with van der Waals surface area (Å²) in [5.41, 5.74) is 8.60. The lowest BCUT2D eigenvalue weighted by atomic mass is 10.0. The fourth-order valence-corrected chi connectivity index (χ4v) is 1.96. The molecule has 2 aromatic rings. The maximum atomic E-state index is 12.1. The lowest BCUT2D eigenvalue weighted by Gasteiger charge is -2.09. The summed E-state index contributed by atoms with van der Waals surface area (Å²) >= 11 is 5.84. The zero-order chi connectivity index (χ0) is 14.7. The van der Waals surface area contributed by atoms with Crippen molar-refractivity contribution in [3.05, 3.63) is 58.6 Å². The molecule has 0 saturated carbocycles. The molecule has 1 amide bonds. The van der Waals surface area contributed by atoms with Gasteiger partial charge in [-0.3, -0.25) is 4.79 Å². The molecule has 0 fully saturated rings. The highest BCUT2D eigenvalue weighted by Crippen LogP contribution is 2.23. The van der Waals surface area contributed by atoms with E-state index in [-0.39, 0.29) is 5.91 Å². The number of anilines is 2. The first-order valence-electron chi connectivity index (χ1n) is 6.43. The Morgan fingerprint density at radius 1 is 1.15 bits per heavy atom. The molecule has 0 spiro atoms. The van der Waals surface area contributed by atoms with Crippen molar-refractivity contribution in [1.29, 1.82) is 0 Å². The van der Waals surface area contributed by atoms with Crippen LogP contribution in [0.15, 0.2) is 42.5 Å². The molecule has 2 rings (SSSR count). The van der Waals surface area contributed by atoms with Crippen LogP contribution in [0.25, 0.3) is 0 Å². The third-order valence-electron chi connectivity index (χ3n) is 3.09. The average molecular weight is 289 g/mol. The van der Waals surface area contributed by atoms with E-state index in [2.05, 4.69) is 19.2 Å². The molecule has 0 aromatic heterocycles. The largest absolute Gasteiger partial charge is 0.397 e. The van der Waals surface area contributed by atoms with Crippen molar-refractivity contribution < 1.29 is 4.79 Å². The van der Waals surface area contributed by atoms with Crippen LogP contribution in [0.4, 0.5) is 11.4 Å². The van der Waals surface area contributed by atoms with Gasteiger partial charge in [-0.15, -0.1) is 0 Å². The Labute approximate surface area is 123 Å². The quantitative estimate of drug-likeness (QED) is 0.828. The van der Waals surface area contributed by atoms with Gasteiger partial charge >= 0.3 is 0 Å². The van der Waals surface area contributed by atoms with Crippen LogP contribution in [0.2, 0.25) is 5.02 Å². The highest BCUT2D eigenvalue weighted by Gasteiger charge is 2.08. The van der Waals surface area contributed by atoms with E-state index in [1.165, 1.54) is 5.56 Å². The van der Waals surface area contributed by atoms with Gasteiger partial charge < -0.3 is 11.1 Å². The van der Waals surface area contributed by atoms with Gasteiger partial charge in [-0.1, -0.05) is 37.6 Å². The van der Waals surface area contributed by atoms with E-state index in [1.54, 1.807) is 18.2 Å². The molecule has 0 aliphatic carbocycles. The summed E-state index contributed by atoms with van der Waals surface area (Å²) in [6.45, 7) is 4.23. The molecule has 3 nitrogen and oxygen atoms in total. The molecule has 20 heavy (non-hydrogen) atoms. The molecule has 2 aromatic carbocycles. The fourth-order valence-electron chi connectivity index (χ4n) is 1.84. The van der Waals surface area contributed by atoms with E-state index in [9.17, 15) is 4.79 Å². The predicted molar refractivity (Wildman–Crippen MR) is 84.3 cm³/mol. The Morgan fingerprint density at radius 3 is 2.35 bits per heavy atom. The standard InChI is InChI=1S/C16H17ClN2O/c1-10(2)11-3-5-12(6-4-11)16(20)19-13-7-8-14(17)15(18)9-13/h3-10H,18H2,1-2H3,(H,19,20). The minimum absolute atomic E-state index is 0.165. The molecule has 0 aliphatic heterocycles. The van der Waals surface area contributed by atoms with Gasteiger partial charge in [-0.05, 0) is 41.8 Å². The number of nitrogens with two attached hydrogens (primary N) is 1. The average Bonchev–Trinajstić information content (AvgIpc) is 2.43. The van der Waals surface area contributed by atoms with Crippen molar-refractivity contribution >= 4 is 28.9 Å². The molecule has 0 bridgehead atoms. The first-order valence-corrected chi connectivity index (χ1v) is 6.81. The highest BCUT2D eigenvalue weighted by atomic mass is 35.5. The smallest absolute Gasteiger partial charge is 0.255 e. The first-order chi connectivity index (χ1) is 9.47. The summed E-state index contributed by atoms with van der Waals surface area (Å²) in [7, 11) is 0. The number of nitrogen functional groups attached to an aromatic ring is 1. The van der Waals surface area contributed by atoms with E-state index in [0.717, 1.165) is 0 Å². The van der Waals surface area contributed by atoms with Crippen molar-refractivity contribution in [2.45, 2.75) is 19.8 Å². The van der Waals surface area contributed by atoms with Crippen LogP contribution < -0.4 is 11.1 Å². The van der Waals surface area contributed by atoms with Crippen molar-refractivity contribution in [2.75, 3.05) is 11.1 Å². The van der Waals surface area contributed by atoms with E-state index < -0.39 is 0 Å². The van der Waals surface area contributed by atoms with Gasteiger partial charge in [0.15, 0.2) is 0 Å². The van der Waals surface area contributed by atoms with Crippen molar-refractivity contribution in [3.8, 4) is 0 Å². The Morgan fingerprint density at radius 2 is 1.80 bits per heavy atom. The molecular formula is C16H17ClN2O. The highest BCUT2D eigenvalue weighted by molar-refractivity contribution is 6.33. The molecular weight excluding hydrogens is 272 g/mol. The van der Waals surface area contributed by atoms with Crippen LogP contribution >= 0.6 is 11.6 Å². The summed E-state index contributed by atoms with van der Waals surface area (Å²) in [4.78, 5) is 12.1. The van der Waals surface area contributed by atoms with Crippen LogP contribution in [-0.4, -0.2) is 5.91 Å². The molecule has 3 N–H and O–H groups in total. The Bertz CT molecular complexity index is 621. The maximum absolute atomic E-state index is 12.1. The molecule has 0 saturated heterocycles. The van der Waals surface area contributed by atoms with E-state index in [4.69, 9.17) is 17.3 Å². The zero-order valence-corrected chi connectivity index (χ0v) is 12.2. The third kappa shape index (κ3) is 3.31. The van der Waals surface area contributed by atoms with Gasteiger partial charge in [0.2, 0.25) is 0 Å². The Kier molecular flexibility index (Phi) is 4.30. The molecule has 0 heterocycles. The molecule has 0 aliphatic rings. The summed E-state index contributed by atoms with van der Waals surface area (Å²) in [5, 5.41) is 3.27. The molecule has 0 atom stereocenters. The minimum atomic E-state index is -0.165. The summed E-state index contributed by atoms with van der Waals surface area (Å²) < 4.78 is 0. The van der Waals surface area contributed by atoms with Crippen LogP contribution in [-0.2, 0) is 0 Å². The minimum Gasteiger partial charge on any atom is -0.397 e. The maximum Gasteiger partial charge on any atom is 0.255 e. The van der Waals surface area contributed by atoms with Gasteiger partial charge in [0.1, 0.15) is 0 Å². The molecule has 0 unspecified atom stereocenters. The Hall–Kier alpha value is -2.00. The first kappa shape index (κ1) is 14.4. The summed E-state index contributed by atoms with van der Waals surface area (Å²) in [6, 6.07) is 12.6. The van der Waals surface area contributed by atoms with Crippen LogP contribution in [0.1, 0.15) is 35.7 Å². The Balaban J connectivity index is 2.13. The SMILES string of the molecule is CC(C)c1ccc(C(=O)Nc2ccc(Cl)c(N)c2)cc1. The topological polar surface area (TPSA) is 55.1 Å². The van der Waals surface area contributed by atoms with Gasteiger partial charge in [0.25, 0.3) is 5.91 Å². The van der Waals surface area contributed by atoms with Crippen LogP contribution in [0, 0.1) is 0 Å². The zero-order valence-electron chi connectivity index (χ0n) is 11.5. The van der Waals surface area contributed by atoms with Gasteiger partial charge in [-0.2, -0.15) is 0 Å². The number of hydrogen-bond acceptors (Lipinski definition) is 2. The number of rotatable bonds is 3. The van der Waals surface area contributed by atoms with E-state index in [0.29, 0.717) is 27.9 Å². The number of carbonyl (C=O) groups excluding carboxylic acids is 1. The molecule has 104 valence electrons. The third-order valence-corrected chi connectivity index (χ3v) is 3.44. The lowest BCUT2D eigenvalue weighted by Crippen LogP contribution is -2.12. The second-order valence-corrected chi connectivity index (χ2v) is 5.37. The number of benzene rings is 2. The number of halogens is 1. The number of amides is 1. The monoisotopic (exact) mass is 288 g/mol. The second-order valence-electron chi connectivity index (χ2n) is 4.97. The normalized spacial score (nSPS) is 10.6. The van der Waals surface area contributed by atoms with E-state index in [1.807, 2.05) is 24.3 Å². The second kappa shape index (κ2) is 5.97. The fraction of sp³-hybridized carbons (Fsp3) is 0.188. The van der Waals surface area contributed by atoms with E-state index >= 15 is 0 Å². The predicted octanol–water partition coefficient (Wildman–Crippen LogP) is 4.30. The number of carbonyl (C=O) groups is 1. The van der Waals surface area contributed by atoms with Crippen molar-refractivity contribution in [2.24, 2.45) is 0 Å². The molecule has 0 radical (unpaired) electrons. The van der Waals surface area contributed by atoms with Crippen molar-refractivity contribution in [1.82, 2.24) is 0 Å². The lowest BCUT2D eigenvalue weighted by molar-refractivity contribution is 0.102. The van der Waals surface area contributed by atoms with Crippen LogP contribution in [0.5, 0.6) is 0 Å². The van der Waals surface area contributed by atoms with Gasteiger partial charge in [0, 0.05) is 11.3 Å². The van der Waals surface area contributed by atoms with Gasteiger partial charge in [0.05, 0.1) is 10.7 Å².